The fourth-order valence-corrected chi connectivity index (χ4v) is 4.71. The molecule has 1 amide bonds. The summed E-state index contributed by atoms with van der Waals surface area (Å²) in [5.41, 5.74) is 8.49. The zero-order valence-corrected chi connectivity index (χ0v) is 17.0. The number of amides is 1. The van der Waals surface area contributed by atoms with Gasteiger partial charge in [0.1, 0.15) is 5.75 Å². The summed E-state index contributed by atoms with van der Waals surface area (Å²) in [5, 5.41) is 3.75. The van der Waals surface area contributed by atoms with Crippen LogP contribution in [0.2, 0.25) is 0 Å². The summed E-state index contributed by atoms with van der Waals surface area (Å²) in [7, 11) is 0. The van der Waals surface area contributed by atoms with Gasteiger partial charge in [0.05, 0.1) is 5.56 Å². The highest BCUT2D eigenvalue weighted by Crippen LogP contribution is 2.35. The Morgan fingerprint density at radius 1 is 1.07 bits per heavy atom. The number of aryl methyl sites for hydroxylation is 1. The first-order chi connectivity index (χ1) is 14.2. The maximum Gasteiger partial charge on any atom is 0.250 e. The zero-order chi connectivity index (χ0) is 20.1. The molecule has 5 nitrogen and oxygen atoms in total. The van der Waals surface area contributed by atoms with Crippen LogP contribution in [0.1, 0.15) is 72.3 Å². The molecule has 1 fully saturated rings. The van der Waals surface area contributed by atoms with Crippen molar-refractivity contribution in [3.05, 3.63) is 53.2 Å². The van der Waals surface area contributed by atoms with E-state index < -0.39 is 5.91 Å². The van der Waals surface area contributed by atoms with Gasteiger partial charge in [-0.05, 0) is 79.8 Å². The van der Waals surface area contributed by atoms with E-state index in [4.69, 9.17) is 10.5 Å². The fourth-order valence-electron chi connectivity index (χ4n) is 4.71. The van der Waals surface area contributed by atoms with E-state index in [9.17, 15) is 4.79 Å². The van der Waals surface area contributed by atoms with E-state index in [1.54, 1.807) is 12.1 Å². The molecule has 29 heavy (non-hydrogen) atoms. The Morgan fingerprint density at radius 3 is 2.69 bits per heavy atom. The first-order valence-electron chi connectivity index (χ1n) is 11.0. The van der Waals surface area contributed by atoms with E-state index in [2.05, 4.69) is 22.4 Å². The smallest absolute Gasteiger partial charge is 0.250 e. The molecule has 0 bridgehead atoms. The minimum atomic E-state index is -0.485. The van der Waals surface area contributed by atoms with Gasteiger partial charge in [-0.15, -0.1) is 0 Å². The number of carbonyl (C=O) groups is 1. The molecule has 1 heterocycles. The standard InChI is InChI=1S/C24H31N3O2/c25-24(28)20-10-12-23(27-16-20)29-21-11-9-18-7-4-8-19(22(18)13-21)15-26-14-17-5-2-1-3-6-17/h9-13,16-17,19,26H,1-8,14-15H2,(H2,25,28). The van der Waals surface area contributed by atoms with Gasteiger partial charge in [0.15, 0.2) is 0 Å². The van der Waals surface area contributed by atoms with Crippen LogP contribution in [0.4, 0.5) is 0 Å². The van der Waals surface area contributed by atoms with Gasteiger partial charge in [-0.2, -0.15) is 0 Å². The van der Waals surface area contributed by atoms with Crippen molar-refractivity contribution in [1.82, 2.24) is 10.3 Å². The van der Waals surface area contributed by atoms with Gasteiger partial charge in [0.25, 0.3) is 0 Å². The molecular formula is C24H31N3O2. The highest BCUT2D eigenvalue weighted by molar-refractivity contribution is 5.92. The van der Waals surface area contributed by atoms with Crippen LogP contribution in [-0.2, 0) is 6.42 Å². The normalized spacial score (nSPS) is 19.5. The molecule has 1 atom stereocenters. The van der Waals surface area contributed by atoms with E-state index in [1.165, 1.54) is 62.3 Å². The highest BCUT2D eigenvalue weighted by atomic mass is 16.5. The lowest BCUT2D eigenvalue weighted by Crippen LogP contribution is -2.29. The van der Waals surface area contributed by atoms with Crippen molar-refractivity contribution in [2.45, 2.75) is 57.3 Å². The fraction of sp³-hybridized carbons (Fsp3) is 0.500. The zero-order valence-electron chi connectivity index (χ0n) is 17.0. The number of nitrogens with one attached hydrogen (secondary N) is 1. The summed E-state index contributed by atoms with van der Waals surface area (Å²) in [6, 6.07) is 9.70. The minimum Gasteiger partial charge on any atom is -0.439 e. The van der Waals surface area contributed by atoms with Crippen molar-refractivity contribution in [1.29, 1.82) is 0 Å². The molecule has 1 aromatic heterocycles. The molecule has 1 saturated carbocycles. The number of hydrogen-bond acceptors (Lipinski definition) is 4. The first kappa shape index (κ1) is 19.9. The number of carbonyl (C=O) groups excluding carboxylic acids is 1. The van der Waals surface area contributed by atoms with Crippen LogP contribution in [-0.4, -0.2) is 24.0 Å². The van der Waals surface area contributed by atoms with Crippen molar-refractivity contribution < 1.29 is 9.53 Å². The highest BCUT2D eigenvalue weighted by Gasteiger charge is 2.22. The van der Waals surface area contributed by atoms with Gasteiger partial charge in [-0.3, -0.25) is 4.79 Å². The molecule has 0 radical (unpaired) electrons. The van der Waals surface area contributed by atoms with Crippen LogP contribution >= 0.6 is 0 Å². The van der Waals surface area contributed by atoms with Gasteiger partial charge in [-0.1, -0.05) is 25.3 Å². The summed E-state index contributed by atoms with van der Waals surface area (Å²) in [6.07, 6.45) is 12.0. The SMILES string of the molecule is NC(=O)c1ccc(Oc2ccc3c(c2)C(CNCC2CCCCC2)CCC3)nc1. The van der Waals surface area contributed by atoms with Gasteiger partial charge in [-0.25, -0.2) is 4.98 Å². The number of primary amides is 1. The molecule has 5 heteroatoms. The molecule has 1 aromatic carbocycles. The Morgan fingerprint density at radius 2 is 1.93 bits per heavy atom. The van der Waals surface area contributed by atoms with Crippen molar-refractivity contribution in [2.24, 2.45) is 11.7 Å². The van der Waals surface area contributed by atoms with Gasteiger partial charge in [0.2, 0.25) is 11.8 Å². The van der Waals surface area contributed by atoms with E-state index in [0.717, 1.165) is 31.2 Å². The molecule has 4 rings (SSSR count). The monoisotopic (exact) mass is 393 g/mol. The number of rotatable bonds is 7. The number of pyridine rings is 1. The van der Waals surface area contributed by atoms with Gasteiger partial charge >= 0.3 is 0 Å². The summed E-state index contributed by atoms with van der Waals surface area (Å²) >= 11 is 0. The second-order valence-corrected chi connectivity index (χ2v) is 8.46. The molecule has 0 saturated heterocycles. The molecule has 2 aliphatic rings. The summed E-state index contributed by atoms with van der Waals surface area (Å²) in [5.74, 6) is 2.17. The molecule has 3 N–H and O–H groups in total. The predicted molar refractivity (Wildman–Crippen MR) is 114 cm³/mol. The molecule has 0 aliphatic heterocycles. The molecule has 2 aliphatic carbocycles. The van der Waals surface area contributed by atoms with Crippen LogP contribution < -0.4 is 15.8 Å². The van der Waals surface area contributed by atoms with Crippen molar-refractivity contribution in [3.8, 4) is 11.6 Å². The Kier molecular flexibility index (Phi) is 6.45. The largest absolute Gasteiger partial charge is 0.439 e. The Bertz CT molecular complexity index is 829. The van der Waals surface area contributed by atoms with Crippen LogP contribution in [0.5, 0.6) is 11.6 Å². The lowest BCUT2D eigenvalue weighted by atomic mass is 9.82. The van der Waals surface area contributed by atoms with Crippen LogP contribution in [0.15, 0.2) is 36.5 Å². The number of aromatic nitrogens is 1. The third-order valence-corrected chi connectivity index (χ3v) is 6.35. The maximum absolute atomic E-state index is 11.2. The minimum absolute atomic E-state index is 0.381. The van der Waals surface area contributed by atoms with Crippen molar-refractivity contribution in [3.63, 3.8) is 0 Å². The molecule has 154 valence electrons. The third-order valence-electron chi connectivity index (χ3n) is 6.35. The molecule has 2 aromatic rings. The average molecular weight is 394 g/mol. The number of benzene rings is 1. The topological polar surface area (TPSA) is 77.2 Å². The van der Waals surface area contributed by atoms with E-state index in [0.29, 0.717) is 17.4 Å². The second-order valence-electron chi connectivity index (χ2n) is 8.46. The van der Waals surface area contributed by atoms with Crippen molar-refractivity contribution in [2.75, 3.05) is 13.1 Å². The third kappa shape index (κ3) is 5.15. The number of nitrogens with two attached hydrogens (primary N) is 1. The molecule has 1 unspecified atom stereocenters. The first-order valence-corrected chi connectivity index (χ1v) is 11.0. The Labute approximate surface area is 173 Å². The van der Waals surface area contributed by atoms with Crippen LogP contribution in [0.25, 0.3) is 0 Å². The van der Waals surface area contributed by atoms with E-state index in [1.807, 2.05) is 6.07 Å². The Balaban J connectivity index is 1.40. The number of nitrogens with zero attached hydrogens (tertiary/aromatic N) is 1. The summed E-state index contributed by atoms with van der Waals surface area (Å²) < 4.78 is 5.94. The quantitative estimate of drug-likeness (QED) is 0.723. The summed E-state index contributed by atoms with van der Waals surface area (Å²) in [4.78, 5) is 15.4. The lowest BCUT2D eigenvalue weighted by molar-refractivity contribution is 0.1000. The van der Waals surface area contributed by atoms with Gasteiger partial charge < -0.3 is 15.8 Å². The Hall–Kier alpha value is -2.40. The number of fused-ring (bicyclic) bond motifs is 1. The predicted octanol–water partition coefficient (Wildman–Crippen LogP) is 4.56. The average Bonchev–Trinajstić information content (AvgIpc) is 2.75. The maximum atomic E-state index is 11.2. The lowest BCUT2D eigenvalue weighted by Gasteiger charge is -2.28. The molecule has 0 spiro atoms. The van der Waals surface area contributed by atoms with E-state index >= 15 is 0 Å². The van der Waals surface area contributed by atoms with E-state index in [-0.39, 0.29) is 0 Å². The second kappa shape index (κ2) is 9.40. The number of ether oxygens (including phenoxy) is 1. The van der Waals surface area contributed by atoms with Crippen LogP contribution in [0, 0.1) is 5.92 Å². The van der Waals surface area contributed by atoms with Crippen LogP contribution in [0.3, 0.4) is 0 Å². The van der Waals surface area contributed by atoms with Gasteiger partial charge in [0, 0.05) is 18.8 Å². The number of hydrogen-bond donors (Lipinski definition) is 2. The molecular weight excluding hydrogens is 362 g/mol. The summed E-state index contributed by atoms with van der Waals surface area (Å²) in [6.45, 7) is 2.19. The van der Waals surface area contributed by atoms with Crippen molar-refractivity contribution >= 4 is 5.91 Å².